The highest BCUT2D eigenvalue weighted by atomic mass is 16.3. The summed E-state index contributed by atoms with van der Waals surface area (Å²) in [5.41, 5.74) is 4.71. The molecule has 3 rings (SSSR count). The number of nitrogen functional groups attached to an aromatic ring is 1. The van der Waals surface area contributed by atoms with E-state index in [4.69, 9.17) is 5.84 Å². The Balaban J connectivity index is 1.92. The van der Waals surface area contributed by atoms with Crippen molar-refractivity contribution in [3.63, 3.8) is 0 Å². The summed E-state index contributed by atoms with van der Waals surface area (Å²) >= 11 is 0. The third kappa shape index (κ3) is 2.72. The molecule has 4 N–H and O–H groups in total. The van der Waals surface area contributed by atoms with Gasteiger partial charge in [0.2, 0.25) is 0 Å². The largest absolute Gasteiger partial charge is 0.395 e. The van der Waals surface area contributed by atoms with E-state index in [1.54, 1.807) is 0 Å². The maximum atomic E-state index is 9.59. The Morgan fingerprint density at radius 3 is 3.00 bits per heavy atom. The van der Waals surface area contributed by atoms with E-state index in [0.29, 0.717) is 11.7 Å². The fourth-order valence-electron chi connectivity index (χ4n) is 3.20. The molecule has 1 aromatic carbocycles. The third-order valence-electron chi connectivity index (χ3n) is 4.50. The first-order valence-electron chi connectivity index (χ1n) is 7.43. The first-order valence-corrected chi connectivity index (χ1v) is 7.43. The fourth-order valence-corrected chi connectivity index (χ4v) is 3.20. The lowest BCUT2D eigenvalue weighted by atomic mass is 10.0. The minimum atomic E-state index is 0.202. The number of likely N-dealkylation sites (tertiary alicyclic amines) is 1. The topological polar surface area (TPSA) is 74.4 Å². The minimum Gasteiger partial charge on any atom is -0.395 e. The van der Waals surface area contributed by atoms with E-state index >= 15 is 0 Å². The lowest BCUT2D eigenvalue weighted by Gasteiger charge is -2.25. The van der Waals surface area contributed by atoms with Crippen LogP contribution >= 0.6 is 0 Å². The molecule has 2 heterocycles. The van der Waals surface area contributed by atoms with Crippen LogP contribution in [0.5, 0.6) is 0 Å². The standard InChI is InChI=1S/C16H22N4O/c1-11-6-7-20(15(11)10-21)9-13-8-12-4-2-3-5-14(12)18-16(13)19-17/h2-5,8,11,15,21H,6-7,9-10,17H2,1H3,(H,18,19). The fraction of sp³-hybridized carbons (Fsp3) is 0.438. The van der Waals surface area contributed by atoms with Crippen LogP contribution in [0.1, 0.15) is 18.9 Å². The minimum absolute atomic E-state index is 0.202. The summed E-state index contributed by atoms with van der Waals surface area (Å²) in [7, 11) is 0. The maximum absolute atomic E-state index is 9.59. The predicted octanol–water partition coefficient (Wildman–Crippen LogP) is 1.72. The Morgan fingerprint density at radius 2 is 2.24 bits per heavy atom. The van der Waals surface area contributed by atoms with Gasteiger partial charge in [-0.3, -0.25) is 4.90 Å². The number of nitrogens with zero attached hydrogens (tertiary/aromatic N) is 2. The van der Waals surface area contributed by atoms with Crippen molar-refractivity contribution in [2.75, 3.05) is 18.6 Å². The zero-order valence-electron chi connectivity index (χ0n) is 12.3. The summed E-state index contributed by atoms with van der Waals surface area (Å²) in [6, 6.07) is 10.4. The van der Waals surface area contributed by atoms with Gasteiger partial charge in [0, 0.05) is 23.5 Å². The molecule has 0 amide bonds. The smallest absolute Gasteiger partial charge is 0.145 e. The van der Waals surface area contributed by atoms with Gasteiger partial charge < -0.3 is 10.5 Å². The Bertz CT molecular complexity index is 631. The normalized spacial score (nSPS) is 22.8. The molecule has 1 aliphatic rings. The van der Waals surface area contributed by atoms with Gasteiger partial charge in [0.05, 0.1) is 12.1 Å². The van der Waals surface area contributed by atoms with Crippen LogP contribution in [0.25, 0.3) is 10.9 Å². The first-order chi connectivity index (χ1) is 10.2. The van der Waals surface area contributed by atoms with Gasteiger partial charge in [-0.05, 0) is 31.0 Å². The number of benzene rings is 1. The number of pyridine rings is 1. The lowest BCUT2D eigenvalue weighted by molar-refractivity contribution is 0.134. The summed E-state index contributed by atoms with van der Waals surface area (Å²) in [4.78, 5) is 6.90. The summed E-state index contributed by atoms with van der Waals surface area (Å²) in [5, 5.41) is 10.7. The molecule has 2 unspecified atom stereocenters. The van der Waals surface area contributed by atoms with Crippen molar-refractivity contribution >= 4 is 16.7 Å². The molecule has 21 heavy (non-hydrogen) atoms. The van der Waals surface area contributed by atoms with E-state index in [-0.39, 0.29) is 12.6 Å². The number of aliphatic hydroxyl groups is 1. The molecule has 1 aliphatic heterocycles. The van der Waals surface area contributed by atoms with E-state index < -0.39 is 0 Å². The number of aromatic nitrogens is 1. The molecule has 1 fully saturated rings. The second-order valence-corrected chi connectivity index (χ2v) is 5.82. The van der Waals surface area contributed by atoms with Crippen molar-refractivity contribution in [1.82, 2.24) is 9.88 Å². The van der Waals surface area contributed by atoms with Crippen LogP contribution in [0.2, 0.25) is 0 Å². The highest BCUT2D eigenvalue weighted by molar-refractivity contribution is 5.81. The van der Waals surface area contributed by atoms with Gasteiger partial charge in [-0.1, -0.05) is 25.1 Å². The predicted molar refractivity (Wildman–Crippen MR) is 84.6 cm³/mol. The van der Waals surface area contributed by atoms with Crippen LogP contribution in [0.4, 0.5) is 5.82 Å². The van der Waals surface area contributed by atoms with E-state index in [2.05, 4.69) is 34.4 Å². The van der Waals surface area contributed by atoms with Gasteiger partial charge in [0.15, 0.2) is 0 Å². The second kappa shape index (κ2) is 5.97. The average Bonchev–Trinajstić information content (AvgIpc) is 2.86. The molecule has 5 nitrogen and oxygen atoms in total. The van der Waals surface area contributed by atoms with Crippen LogP contribution in [0.15, 0.2) is 30.3 Å². The summed E-state index contributed by atoms with van der Waals surface area (Å²) in [5.74, 6) is 6.87. The Hall–Kier alpha value is -1.69. The molecule has 1 saturated heterocycles. The van der Waals surface area contributed by atoms with Gasteiger partial charge in [0.1, 0.15) is 5.82 Å². The molecule has 0 spiro atoms. The van der Waals surface area contributed by atoms with Gasteiger partial charge in [-0.25, -0.2) is 10.8 Å². The number of para-hydroxylation sites is 1. The molecule has 0 aliphatic carbocycles. The van der Waals surface area contributed by atoms with Gasteiger partial charge in [-0.2, -0.15) is 0 Å². The summed E-state index contributed by atoms with van der Waals surface area (Å²) in [6.07, 6.45) is 1.12. The van der Waals surface area contributed by atoms with Gasteiger partial charge in [-0.15, -0.1) is 0 Å². The van der Waals surface area contributed by atoms with E-state index in [1.807, 2.05) is 18.2 Å². The summed E-state index contributed by atoms with van der Waals surface area (Å²) < 4.78 is 0. The second-order valence-electron chi connectivity index (χ2n) is 5.82. The number of nitrogens with two attached hydrogens (primary N) is 1. The molecule has 2 aromatic rings. The maximum Gasteiger partial charge on any atom is 0.145 e. The van der Waals surface area contributed by atoms with Crippen molar-refractivity contribution in [1.29, 1.82) is 0 Å². The lowest BCUT2D eigenvalue weighted by Crippen LogP contribution is -2.35. The molecule has 0 bridgehead atoms. The monoisotopic (exact) mass is 286 g/mol. The molecule has 5 heteroatoms. The SMILES string of the molecule is CC1CCN(Cc2cc3ccccc3nc2NN)C1CO. The summed E-state index contributed by atoms with van der Waals surface area (Å²) in [6.45, 7) is 4.16. The number of nitrogens with one attached hydrogen (secondary N) is 1. The highest BCUT2D eigenvalue weighted by Gasteiger charge is 2.30. The number of hydrazine groups is 1. The van der Waals surface area contributed by atoms with Gasteiger partial charge in [0.25, 0.3) is 0 Å². The molecule has 112 valence electrons. The number of fused-ring (bicyclic) bond motifs is 1. The average molecular weight is 286 g/mol. The number of hydrogen-bond donors (Lipinski definition) is 3. The number of anilines is 1. The number of aliphatic hydroxyl groups excluding tert-OH is 1. The van der Waals surface area contributed by atoms with Crippen LogP contribution in [0, 0.1) is 5.92 Å². The van der Waals surface area contributed by atoms with E-state index in [9.17, 15) is 5.11 Å². The zero-order chi connectivity index (χ0) is 14.8. The number of rotatable bonds is 4. The molecule has 1 aromatic heterocycles. The zero-order valence-corrected chi connectivity index (χ0v) is 12.3. The van der Waals surface area contributed by atoms with E-state index in [0.717, 1.165) is 36.0 Å². The van der Waals surface area contributed by atoms with Crippen molar-refractivity contribution in [3.8, 4) is 0 Å². The van der Waals surface area contributed by atoms with Crippen molar-refractivity contribution in [2.45, 2.75) is 25.9 Å². The Labute approximate surface area is 124 Å². The van der Waals surface area contributed by atoms with E-state index in [1.165, 1.54) is 0 Å². The van der Waals surface area contributed by atoms with Crippen molar-refractivity contribution < 1.29 is 5.11 Å². The Morgan fingerprint density at radius 1 is 1.43 bits per heavy atom. The third-order valence-corrected chi connectivity index (χ3v) is 4.50. The quantitative estimate of drug-likeness (QED) is 0.589. The van der Waals surface area contributed by atoms with Gasteiger partial charge >= 0.3 is 0 Å². The van der Waals surface area contributed by atoms with Crippen LogP contribution in [-0.4, -0.2) is 34.2 Å². The van der Waals surface area contributed by atoms with Crippen molar-refractivity contribution in [3.05, 3.63) is 35.9 Å². The van der Waals surface area contributed by atoms with Crippen LogP contribution in [-0.2, 0) is 6.54 Å². The molecule has 2 atom stereocenters. The first kappa shape index (κ1) is 14.3. The molecule has 0 radical (unpaired) electrons. The molecular formula is C16H22N4O. The Kier molecular flexibility index (Phi) is 4.05. The van der Waals surface area contributed by atoms with Crippen LogP contribution < -0.4 is 11.3 Å². The van der Waals surface area contributed by atoms with Crippen molar-refractivity contribution in [2.24, 2.45) is 11.8 Å². The molecule has 0 saturated carbocycles. The molecular weight excluding hydrogens is 264 g/mol. The number of hydrogen-bond acceptors (Lipinski definition) is 5. The highest BCUT2D eigenvalue weighted by Crippen LogP contribution is 2.28. The van der Waals surface area contributed by atoms with Crippen LogP contribution in [0.3, 0.4) is 0 Å².